The van der Waals surface area contributed by atoms with Crippen LogP contribution in [-0.4, -0.2) is 17.6 Å². The molecule has 0 amide bonds. The molecule has 0 aliphatic carbocycles. The summed E-state index contributed by atoms with van der Waals surface area (Å²) in [5, 5.41) is 4.78. The maximum Gasteiger partial charge on any atom is 0.341 e. The number of carbonyl (C=O) groups is 1. The number of carbonyl (C=O) groups excluding carboxylic acids is 1. The number of nitrogens with zero attached hydrogens (tertiary/aromatic N) is 1. The lowest BCUT2D eigenvalue weighted by Gasteiger charge is -2.15. The fourth-order valence-electron chi connectivity index (χ4n) is 2.59. The molecule has 0 atom stereocenters. The van der Waals surface area contributed by atoms with E-state index in [0.29, 0.717) is 40.6 Å². The standard InChI is InChI=1S/C19H18ClN3O2/c1-2-25-19(24)15-11-23-18-14(4-3-5-16(18)21)17(15)22-10-12-6-8-13(20)9-7-12/h3-9,11H,2,10,21H2,1H3,(H,22,23). The molecule has 0 radical (unpaired) electrons. The SMILES string of the molecule is CCOC(=O)c1cnc2c(N)cccc2c1NCc1ccc(Cl)cc1. The number of hydrogen-bond acceptors (Lipinski definition) is 5. The van der Waals surface area contributed by atoms with E-state index >= 15 is 0 Å². The number of nitrogens with two attached hydrogens (primary N) is 1. The predicted molar refractivity (Wildman–Crippen MR) is 101 cm³/mol. The van der Waals surface area contributed by atoms with E-state index in [4.69, 9.17) is 22.1 Å². The second-order valence-corrected chi connectivity index (χ2v) is 5.93. The third kappa shape index (κ3) is 3.67. The number of ether oxygens (including phenoxy) is 1. The Bertz CT molecular complexity index is 910. The summed E-state index contributed by atoms with van der Waals surface area (Å²) in [6, 6.07) is 13.0. The van der Waals surface area contributed by atoms with Crippen molar-refractivity contribution in [3.8, 4) is 0 Å². The second-order valence-electron chi connectivity index (χ2n) is 5.49. The van der Waals surface area contributed by atoms with Crippen molar-refractivity contribution in [2.24, 2.45) is 0 Å². The number of para-hydroxylation sites is 1. The van der Waals surface area contributed by atoms with Crippen LogP contribution in [0, 0.1) is 0 Å². The van der Waals surface area contributed by atoms with Crippen molar-refractivity contribution in [1.29, 1.82) is 0 Å². The number of benzene rings is 2. The Morgan fingerprint density at radius 2 is 2.00 bits per heavy atom. The van der Waals surface area contributed by atoms with E-state index in [0.717, 1.165) is 10.9 Å². The highest BCUT2D eigenvalue weighted by Crippen LogP contribution is 2.30. The summed E-state index contributed by atoms with van der Waals surface area (Å²) in [5.74, 6) is -0.419. The number of nitrogens with one attached hydrogen (secondary N) is 1. The van der Waals surface area contributed by atoms with Gasteiger partial charge in [-0.15, -0.1) is 0 Å². The topological polar surface area (TPSA) is 77.2 Å². The molecule has 0 aliphatic rings. The molecule has 3 rings (SSSR count). The van der Waals surface area contributed by atoms with E-state index in [1.54, 1.807) is 13.0 Å². The number of anilines is 2. The Labute approximate surface area is 150 Å². The zero-order valence-electron chi connectivity index (χ0n) is 13.8. The smallest absolute Gasteiger partial charge is 0.341 e. The van der Waals surface area contributed by atoms with Crippen molar-refractivity contribution < 1.29 is 9.53 Å². The van der Waals surface area contributed by atoms with Gasteiger partial charge in [-0.1, -0.05) is 35.9 Å². The number of aromatic nitrogens is 1. The van der Waals surface area contributed by atoms with Gasteiger partial charge in [-0.25, -0.2) is 4.79 Å². The molecule has 2 aromatic carbocycles. The number of esters is 1. The molecule has 1 aromatic heterocycles. The molecular weight excluding hydrogens is 338 g/mol. The molecule has 0 aliphatic heterocycles. The van der Waals surface area contributed by atoms with Gasteiger partial charge >= 0.3 is 5.97 Å². The van der Waals surface area contributed by atoms with E-state index in [9.17, 15) is 4.79 Å². The Hall–Kier alpha value is -2.79. The van der Waals surface area contributed by atoms with Gasteiger partial charge in [-0.05, 0) is 30.7 Å². The largest absolute Gasteiger partial charge is 0.462 e. The van der Waals surface area contributed by atoms with Crippen molar-refractivity contribution >= 4 is 39.8 Å². The molecular formula is C19H18ClN3O2. The van der Waals surface area contributed by atoms with Gasteiger partial charge in [0.15, 0.2) is 0 Å². The van der Waals surface area contributed by atoms with Crippen molar-refractivity contribution in [2.45, 2.75) is 13.5 Å². The minimum atomic E-state index is -0.419. The number of pyridine rings is 1. The first-order chi connectivity index (χ1) is 12.1. The summed E-state index contributed by atoms with van der Waals surface area (Å²) in [6.07, 6.45) is 1.50. The third-order valence-electron chi connectivity index (χ3n) is 3.81. The summed E-state index contributed by atoms with van der Waals surface area (Å²) in [7, 11) is 0. The van der Waals surface area contributed by atoms with Crippen LogP contribution in [0.3, 0.4) is 0 Å². The lowest BCUT2D eigenvalue weighted by atomic mass is 10.1. The molecule has 0 saturated carbocycles. The Kier molecular flexibility index (Phi) is 5.05. The zero-order valence-corrected chi connectivity index (χ0v) is 14.5. The fraction of sp³-hybridized carbons (Fsp3) is 0.158. The summed E-state index contributed by atoms with van der Waals surface area (Å²) in [4.78, 5) is 16.6. The van der Waals surface area contributed by atoms with Gasteiger partial charge in [-0.2, -0.15) is 0 Å². The summed E-state index contributed by atoms with van der Waals surface area (Å²) >= 11 is 5.92. The molecule has 1 heterocycles. The molecule has 0 bridgehead atoms. The number of rotatable bonds is 5. The molecule has 6 heteroatoms. The van der Waals surface area contributed by atoms with E-state index < -0.39 is 5.97 Å². The average Bonchev–Trinajstić information content (AvgIpc) is 2.61. The summed E-state index contributed by atoms with van der Waals surface area (Å²) in [5.41, 5.74) is 9.29. The molecule has 0 unspecified atom stereocenters. The lowest BCUT2D eigenvalue weighted by Crippen LogP contribution is -2.11. The van der Waals surface area contributed by atoms with Crippen LogP contribution in [0.4, 0.5) is 11.4 Å². The molecule has 0 spiro atoms. The minimum absolute atomic E-state index is 0.296. The fourth-order valence-corrected chi connectivity index (χ4v) is 2.72. The number of nitrogen functional groups attached to an aromatic ring is 1. The molecule has 0 saturated heterocycles. The monoisotopic (exact) mass is 355 g/mol. The van der Waals surface area contributed by atoms with Crippen LogP contribution in [0.15, 0.2) is 48.7 Å². The number of hydrogen-bond donors (Lipinski definition) is 2. The second kappa shape index (κ2) is 7.40. The maximum atomic E-state index is 12.3. The Morgan fingerprint density at radius 3 is 2.72 bits per heavy atom. The van der Waals surface area contributed by atoms with E-state index in [1.807, 2.05) is 36.4 Å². The van der Waals surface area contributed by atoms with Crippen LogP contribution in [0.2, 0.25) is 5.02 Å². The van der Waals surface area contributed by atoms with E-state index in [1.165, 1.54) is 6.20 Å². The molecule has 5 nitrogen and oxygen atoms in total. The lowest BCUT2D eigenvalue weighted by molar-refractivity contribution is 0.0527. The highest BCUT2D eigenvalue weighted by molar-refractivity contribution is 6.30. The zero-order chi connectivity index (χ0) is 17.8. The number of fused-ring (bicyclic) bond motifs is 1. The van der Waals surface area contributed by atoms with Crippen LogP contribution in [0.5, 0.6) is 0 Å². The first-order valence-electron chi connectivity index (χ1n) is 7.92. The van der Waals surface area contributed by atoms with Gasteiger partial charge in [0, 0.05) is 23.2 Å². The van der Waals surface area contributed by atoms with E-state index in [-0.39, 0.29) is 0 Å². The first kappa shape index (κ1) is 17.0. The predicted octanol–water partition coefficient (Wildman–Crippen LogP) is 4.26. The van der Waals surface area contributed by atoms with Crippen molar-refractivity contribution in [3.05, 3.63) is 64.8 Å². The molecule has 3 N–H and O–H groups in total. The van der Waals surface area contributed by atoms with Crippen molar-refractivity contribution in [2.75, 3.05) is 17.7 Å². The van der Waals surface area contributed by atoms with Crippen LogP contribution < -0.4 is 11.1 Å². The molecule has 0 fully saturated rings. The van der Waals surface area contributed by atoms with Gasteiger partial charge in [0.25, 0.3) is 0 Å². The van der Waals surface area contributed by atoms with Gasteiger partial charge in [0.2, 0.25) is 0 Å². The van der Waals surface area contributed by atoms with E-state index in [2.05, 4.69) is 10.3 Å². The van der Waals surface area contributed by atoms with Crippen molar-refractivity contribution in [1.82, 2.24) is 4.98 Å². The maximum absolute atomic E-state index is 12.3. The van der Waals surface area contributed by atoms with Gasteiger partial charge in [0.05, 0.1) is 23.5 Å². The minimum Gasteiger partial charge on any atom is -0.462 e. The van der Waals surface area contributed by atoms with Crippen molar-refractivity contribution in [3.63, 3.8) is 0 Å². The highest BCUT2D eigenvalue weighted by atomic mass is 35.5. The molecule has 3 aromatic rings. The highest BCUT2D eigenvalue weighted by Gasteiger charge is 2.17. The quantitative estimate of drug-likeness (QED) is 0.528. The summed E-state index contributed by atoms with van der Waals surface area (Å²) in [6.45, 7) is 2.59. The normalized spacial score (nSPS) is 10.6. The first-order valence-corrected chi connectivity index (χ1v) is 8.30. The Morgan fingerprint density at radius 1 is 1.24 bits per heavy atom. The van der Waals surface area contributed by atoms with Gasteiger partial charge in [-0.3, -0.25) is 4.98 Å². The van der Waals surface area contributed by atoms with Crippen LogP contribution in [0.1, 0.15) is 22.8 Å². The van der Waals surface area contributed by atoms with Crippen LogP contribution in [0.25, 0.3) is 10.9 Å². The molecule has 25 heavy (non-hydrogen) atoms. The average molecular weight is 356 g/mol. The number of halogens is 1. The Balaban J connectivity index is 2.02. The summed E-state index contributed by atoms with van der Waals surface area (Å²) < 4.78 is 5.15. The van der Waals surface area contributed by atoms with Gasteiger partial charge < -0.3 is 15.8 Å². The van der Waals surface area contributed by atoms with Crippen LogP contribution in [-0.2, 0) is 11.3 Å². The third-order valence-corrected chi connectivity index (χ3v) is 4.06. The van der Waals surface area contributed by atoms with Gasteiger partial charge in [0.1, 0.15) is 5.56 Å². The van der Waals surface area contributed by atoms with Crippen LogP contribution >= 0.6 is 11.6 Å². The molecule has 128 valence electrons.